The zero-order valence-corrected chi connectivity index (χ0v) is 14.1. The number of nitrogens with one attached hydrogen (secondary N) is 1. The first-order valence-electron chi connectivity index (χ1n) is 8.02. The summed E-state index contributed by atoms with van der Waals surface area (Å²) in [6.45, 7) is 9.54. The summed E-state index contributed by atoms with van der Waals surface area (Å²) in [6.07, 6.45) is 1.65. The van der Waals surface area contributed by atoms with Crippen LogP contribution in [0.5, 0.6) is 5.75 Å². The number of nitrogens with zero attached hydrogens (tertiary/aromatic N) is 2. The fraction of sp³-hybridized carbons (Fsp3) is 0.444. The molecule has 1 amide bonds. The van der Waals surface area contributed by atoms with Crippen LogP contribution >= 0.6 is 0 Å². The molecule has 5 nitrogen and oxygen atoms in total. The number of carbonyl (C=O) groups is 1. The molecule has 0 spiro atoms. The van der Waals surface area contributed by atoms with Gasteiger partial charge in [0.05, 0.1) is 17.8 Å². The van der Waals surface area contributed by atoms with Gasteiger partial charge in [-0.15, -0.1) is 0 Å². The number of rotatable bonds is 4. The molecule has 1 aromatic carbocycles. The molecule has 0 unspecified atom stereocenters. The Labute approximate surface area is 136 Å². The summed E-state index contributed by atoms with van der Waals surface area (Å²) in [5.41, 5.74) is 3.74. The summed E-state index contributed by atoms with van der Waals surface area (Å²) in [5, 5.41) is 7.40. The molecular weight excluding hydrogens is 290 g/mol. The molecule has 3 rings (SSSR count). The SMILES string of the molecule is Cc1ccc2c(c1)[C@H](NC(=O)c1cnn(CC(C)C)c1C)CO2. The van der Waals surface area contributed by atoms with Crippen molar-refractivity contribution in [2.24, 2.45) is 5.92 Å². The molecule has 2 aromatic rings. The van der Waals surface area contributed by atoms with Gasteiger partial charge in [0.25, 0.3) is 5.91 Å². The van der Waals surface area contributed by atoms with Gasteiger partial charge in [-0.05, 0) is 25.8 Å². The summed E-state index contributed by atoms with van der Waals surface area (Å²) < 4.78 is 7.55. The standard InChI is InChI=1S/C18H23N3O2/c1-11(2)9-21-13(4)15(8-19-21)18(22)20-16-10-23-17-6-5-12(3)7-14(16)17/h5-8,11,16H,9-10H2,1-4H3,(H,20,22)/t16-/m1/s1. The maximum Gasteiger partial charge on any atom is 0.255 e. The van der Waals surface area contributed by atoms with Crippen LogP contribution in [0.2, 0.25) is 0 Å². The monoisotopic (exact) mass is 313 g/mol. The predicted octanol–water partition coefficient (Wildman–Crippen LogP) is 3.02. The molecule has 0 radical (unpaired) electrons. The Morgan fingerprint density at radius 2 is 2.22 bits per heavy atom. The number of aromatic nitrogens is 2. The number of hydrogen-bond acceptors (Lipinski definition) is 3. The Bertz CT molecular complexity index is 734. The van der Waals surface area contributed by atoms with E-state index in [1.165, 1.54) is 0 Å². The maximum absolute atomic E-state index is 12.6. The summed E-state index contributed by atoms with van der Waals surface area (Å²) in [5.74, 6) is 1.25. The van der Waals surface area contributed by atoms with Crippen molar-refractivity contribution in [2.75, 3.05) is 6.61 Å². The van der Waals surface area contributed by atoms with Crippen molar-refractivity contribution in [3.63, 3.8) is 0 Å². The lowest BCUT2D eigenvalue weighted by Gasteiger charge is -2.12. The van der Waals surface area contributed by atoms with Crippen molar-refractivity contribution < 1.29 is 9.53 Å². The fourth-order valence-corrected chi connectivity index (χ4v) is 2.89. The van der Waals surface area contributed by atoms with Gasteiger partial charge in [0.1, 0.15) is 12.4 Å². The van der Waals surface area contributed by atoms with E-state index in [0.29, 0.717) is 18.1 Å². The van der Waals surface area contributed by atoms with Crippen molar-refractivity contribution in [2.45, 2.75) is 40.3 Å². The van der Waals surface area contributed by atoms with Gasteiger partial charge in [0.2, 0.25) is 0 Å². The topological polar surface area (TPSA) is 56.2 Å². The van der Waals surface area contributed by atoms with Crippen LogP contribution in [-0.2, 0) is 6.54 Å². The fourth-order valence-electron chi connectivity index (χ4n) is 2.89. The highest BCUT2D eigenvalue weighted by atomic mass is 16.5. The van der Waals surface area contributed by atoms with Crippen molar-refractivity contribution in [3.05, 3.63) is 46.8 Å². The van der Waals surface area contributed by atoms with E-state index in [4.69, 9.17) is 4.74 Å². The lowest BCUT2D eigenvalue weighted by Crippen LogP contribution is -2.29. The van der Waals surface area contributed by atoms with Gasteiger partial charge in [-0.2, -0.15) is 5.10 Å². The van der Waals surface area contributed by atoms with Crippen molar-refractivity contribution >= 4 is 5.91 Å². The number of benzene rings is 1. The van der Waals surface area contributed by atoms with Crippen LogP contribution in [0.3, 0.4) is 0 Å². The molecule has 122 valence electrons. The first-order valence-corrected chi connectivity index (χ1v) is 8.02. The minimum atomic E-state index is -0.106. The Kier molecular flexibility index (Phi) is 4.11. The molecule has 1 N–H and O–H groups in total. The molecule has 1 aliphatic rings. The molecule has 0 saturated carbocycles. The normalized spacial score (nSPS) is 16.3. The molecule has 23 heavy (non-hydrogen) atoms. The number of carbonyl (C=O) groups excluding carboxylic acids is 1. The van der Waals surface area contributed by atoms with Gasteiger partial charge in [-0.3, -0.25) is 9.48 Å². The van der Waals surface area contributed by atoms with E-state index in [1.54, 1.807) is 6.20 Å². The molecule has 2 heterocycles. The third-order valence-corrected chi connectivity index (χ3v) is 4.14. The van der Waals surface area contributed by atoms with E-state index in [2.05, 4.69) is 30.3 Å². The second kappa shape index (κ2) is 6.07. The van der Waals surface area contributed by atoms with Gasteiger partial charge in [-0.1, -0.05) is 31.5 Å². The van der Waals surface area contributed by atoms with Gasteiger partial charge in [0.15, 0.2) is 0 Å². The van der Waals surface area contributed by atoms with Gasteiger partial charge in [0, 0.05) is 17.8 Å². The Balaban J connectivity index is 1.76. The Morgan fingerprint density at radius 3 is 2.96 bits per heavy atom. The molecule has 5 heteroatoms. The summed E-state index contributed by atoms with van der Waals surface area (Å²) >= 11 is 0. The average Bonchev–Trinajstić information content (AvgIpc) is 3.03. The Hall–Kier alpha value is -2.30. The molecule has 0 aliphatic carbocycles. The highest BCUT2D eigenvalue weighted by molar-refractivity contribution is 5.95. The van der Waals surface area contributed by atoms with Crippen molar-refractivity contribution in [3.8, 4) is 5.75 Å². The van der Waals surface area contributed by atoms with E-state index in [9.17, 15) is 4.79 Å². The number of fused-ring (bicyclic) bond motifs is 1. The van der Waals surface area contributed by atoms with Gasteiger partial charge >= 0.3 is 0 Å². The zero-order chi connectivity index (χ0) is 16.6. The average molecular weight is 313 g/mol. The number of ether oxygens (including phenoxy) is 1. The van der Waals surface area contributed by atoms with Crippen LogP contribution in [0.25, 0.3) is 0 Å². The largest absolute Gasteiger partial charge is 0.491 e. The minimum absolute atomic E-state index is 0.0968. The minimum Gasteiger partial charge on any atom is -0.491 e. The first-order chi connectivity index (χ1) is 11.0. The van der Waals surface area contributed by atoms with Crippen LogP contribution in [0.4, 0.5) is 0 Å². The maximum atomic E-state index is 12.6. The molecule has 0 saturated heterocycles. The lowest BCUT2D eigenvalue weighted by molar-refractivity contribution is 0.0929. The van der Waals surface area contributed by atoms with Crippen LogP contribution in [-0.4, -0.2) is 22.3 Å². The zero-order valence-electron chi connectivity index (χ0n) is 14.1. The van der Waals surface area contributed by atoms with Gasteiger partial charge < -0.3 is 10.1 Å². The lowest BCUT2D eigenvalue weighted by atomic mass is 10.1. The Morgan fingerprint density at radius 1 is 1.43 bits per heavy atom. The van der Waals surface area contributed by atoms with E-state index in [-0.39, 0.29) is 11.9 Å². The quantitative estimate of drug-likeness (QED) is 0.944. The molecule has 0 bridgehead atoms. The third-order valence-electron chi connectivity index (χ3n) is 4.14. The summed E-state index contributed by atoms with van der Waals surface area (Å²) in [4.78, 5) is 12.6. The number of hydrogen-bond donors (Lipinski definition) is 1. The number of aryl methyl sites for hydroxylation is 1. The molecule has 0 fully saturated rings. The molecule has 1 atom stereocenters. The van der Waals surface area contributed by atoms with E-state index in [1.807, 2.05) is 30.7 Å². The molecule has 1 aromatic heterocycles. The summed E-state index contributed by atoms with van der Waals surface area (Å²) in [6, 6.07) is 5.94. The van der Waals surface area contributed by atoms with Crippen LogP contribution in [0.15, 0.2) is 24.4 Å². The van der Waals surface area contributed by atoms with E-state index < -0.39 is 0 Å². The van der Waals surface area contributed by atoms with Crippen molar-refractivity contribution in [1.29, 1.82) is 0 Å². The molecular formula is C18H23N3O2. The second-order valence-corrected chi connectivity index (χ2v) is 6.60. The van der Waals surface area contributed by atoms with Gasteiger partial charge in [-0.25, -0.2) is 0 Å². The first kappa shape index (κ1) is 15.6. The highest BCUT2D eigenvalue weighted by Gasteiger charge is 2.27. The summed E-state index contributed by atoms with van der Waals surface area (Å²) in [7, 11) is 0. The second-order valence-electron chi connectivity index (χ2n) is 6.60. The molecule has 1 aliphatic heterocycles. The van der Waals surface area contributed by atoms with E-state index in [0.717, 1.165) is 29.1 Å². The van der Waals surface area contributed by atoms with E-state index >= 15 is 0 Å². The highest BCUT2D eigenvalue weighted by Crippen LogP contribution is 2.33. The third kappa shape index (κ3) is 3.09. The van der Waals surface area contributed by atoms with Crippen LogP contribution in [0.1, 0.15) is 47.1 Å². The number of amides is 1. The van der Waals surface area contributed by atoms with Crippen molar-refractivity contribution in [1.82, 2.24) is 15.1 Å². The van der Waals surface area contributed by atoms with Crippen LogP contribution < -0.4 is 10.1 Å². The van der Waals surface area contributed by atoms with Crippen LogP contribution in [0, 0.1) is 19.8 Å². The predicted molar refractivity (Wildman–Crippen MR) is 88.7 cm³/mol. The smallest absolute Gasteiger partial charge is 0.255 e.